The third-order valence-corrected chi connectivity index (χ3v) is 7.95. The van der Waals surface area contributed by atoms with E-state index in [2.05, 4.69) is 20.1 Å². The lowest BCUT2D eigenvalue weighted by Gasteiger charge is -2.43. The van der Waals surface area contributed by atoms with Gasteiger partial charge in [-0.2, -0.15) is 9.19 Å². The minimum Gasteiger partial charge on any atom is -0.464 e. The second-order valence-electron chi connectivity index (χ2n) is 8.69. The number of carbonyl (C=O) groups is 1. The Morgan fingerprint density at radius 3 is 2.74 bits per heavy atom. The SMILES string of the molecule is CC(C)N1C=CC(N(C(=O)O)c2cc3[nH]cnc3cn2)=NC1(C)c1cnn(S(=O)(=O)C2COC2)c1. The number of ether oxygens (including phenoxy) is 1. The molecule has 13 nitrogen and oxygen atoms in total. The molecule has 3 aromatic rings. The van der Waals surface area contributed by atoms with E-state index in [4.69, 9.17) is 9.73 Å². The molecule has 0 aliphatic carbocycles. The number of pyridine rings is 1. The fourth-order valence-electron chi connectivity index (χ4n) is 4.11. The average molecular weight is 501 g/mol. The van der Waals surface area contributed by atoms with Gasteiger partial charge in [0.25, 0.3) is 10.0 Å². The molecule has 0 aromatic carbocycles. The zero-order valence-corrected chi connectivity index (χ0v) is 20.0. The van der Waals surface area contributed by atoms with Crippen LogP contribution in [0.3, 0.4) is 0 Å². The van der Waals surface area contributed by atoms with Gasteiger partial charge in [0.05, 0.1) is 43.6 Å². The van der Waals surface area contributed by atoms with Gasteiger partial charge in [0.1, 0.15) is 22.4 Å². The van der Waals surface area contributed by atoms with E-state index >= 15 is 0 Å². The summed E-state index contributed by atoms with van der Waals surface area (Å²) in [6.45, 7) is 5.94. The number of amides is 1. The molecule has 2 aliphatic rings. The molecule has 0 radical (unpaired) electrons. The summed E-state index contributed by atoms with van der Waals surface area (Å²) in [7, 11) is -3.71. The van der Waals surface area contributed by atoms with Crippen molar-refractivity contribution in [3.8, 4) is 0 Å². The van der Waals surface area contributed by atoms with Crippen LogP contribution in [0.15, 0.2) is 48.3 Å². The van der Waals surface area contributed by atoms with E-state index in [9.17, 15) is 18.3 Å². The molecule has 184 valence electrons. The minimum atomic E-state index is -3.71. The minimum absolute atomic E-state index is 0.0423. The fourth-order valence-corrected chi connectivity index (χ4v) is 5.39. The quantitative estimate of drug-likeness (QED) is 0.532. The van der Waals surface area contributed by atoms with Gasteiger partial charge in [-0.05, 0) is 26.8 Å². The van der Waals surface area contributed by atoms with Crippen molar-refractivity contribution in [2.45, 2.75) is 37.7 Å². The molecule has 14 heteroatoms. The molecule has 1 amide bonds. The summed E-state index contributed by atoms with van der Waals surface area (Å²) < 4.78 is 31.6. The van der Waals surface area contributed by atoms with Crippen LogP contribution in [-0.4, -0.2) is 79.0 Å². The van der Waals surface area contributed by atoms with Crippen LogP contribution in [0.1, 0.15) is 26.3 Å². The fraction of sp³-hybridized carbons (Fsp3) is 0.381. The molecule has 35 heavy (non-hydrogen) atoms. The largest absolute Gasteiger partial charge is 0.464 e. The number of aromatic nitrogens is 5. The first kappa shape index (κ1) is 23.0. The number of carboxylic acid groups (broad SMARTS) is 1. The third kappa shape index (κ3) is 3.74. The molecule has 2 aliphatic heterocycles. The van der Waals surface area contributed by atoms with E-state index in [0.29, 0.717) is 16.6 Å². The average Bonchev–Trinajstić information content (AvgIpc) is 3.42. The van der Waals surface area contributed by atoms with E-state index in [1.807, 2.05) is 18.7 Å². The lowest BCUT2D eigenvalue weighted by Crippen LogP contribution is -2.48. The Morgan fingerprint density at radius 2 is 2.09 bits per heavy atom. The second-order valence-corrected chi connectivity index (χ2v) is 10.8. The number of amidine groups is 1. The number of H-pyrrole nitrogens is 1. The molecular weight excluding hydrogens is 476 g/mol. The van der Waals surface area contributed by atoms with Crippen molar-refractivity contribution in [2.24, 2.45) is 4.99 Å². The van der Waals surface area contributed by atoms with Gasteiger partial charge in [-0.15, -0.1) is 0 Å². The molecular formula is C21H24N8O5S. The number of rotatable bonds is 5. The highest BCUT2D eigenvalue weighted by Crippen LogP contribution is 2.36. The molecule has 3 aromatic heterocycles. The number of fused-ring (bicyclic) bond motifs is 1. The van der Waals surface area contributed by atoms with E-state index in [-0.39, 0.29) is 30.9 Å². The highest BCUT2D eigenvalue weighted by Gasteiger charge is 2.41. The van der Waals surface area contributed by atoms with Gasteiger partial charge in [-0.1, -0.05) is 0 Å². The van der Waals surface area contributed by atoms with Gasteiger partial charge >= 0.3 is 6.09 Å². The van der Waals surface area contributed by atoms with Gasteiger partial charge in [0.15, 0.2) is 5.66 Å². The number of anilines is 1. The van der Waals surface area contributed by atoms with Gasteiger partial charge in [-0.3, -0.25) is 0 Å². The van der Waals surface area contributed by atoms with Crippen LogP contribution in [0, 0.1) is 0 Å². The molecule has 5 heterocycles. The Labute approximate surface area is 200 Å². The number of imidazole rings is 1. The zero-order valence-electron chi connectivity index (χ0n) is 19.2. The topological polar surface area (TPSA) is 159 Å². The summed E-state index contributed by atoms with van der Waals surface area (Å²) in [6.07, 6.45) is 7.88. The van der Waals surface area contributed by atoms with Crippen molar-refractivity contribution in [3.63, 3.8) is 0 Å². The molecule has 1 saturated heterocycles. The van der Waals surface area contributed by atoms with Crippen molar-refractivity contribution in [3.05, 3.63) is 48.8 Å². The van der Waals surface area contributed by atoms with Gasteiger partial charge < -0.3 is 19.7 Å². The van der Waals surface area contributed by atoms with Crippen molar-refractivity contribution in [2.75, 3.05) is 18.1 Å². The lowest BCUT2D eigenvalue weighted by molar-refractivity contribution is 0.0410. The first-order valence-electron chi connectivity index (χ1n) is 10.9. The molecule has 1 unspecified atom stereocenters. The Morgan fingerprint density at radius 1 is 1.31 bits per heavy atom. The van der Waals surface area contributed by atoms with Crippen molar-refractivity contribution in [1.29, 1.82) is 0 Å². The maximum absolute atomic E-state index is 12.8. The molecule has 1 fully saturated rings. The lowest BCUT2D eigenvalue weighted by atomic mass is 10.0. The molecule has 5 rings (SSSR count). The standard InChI is InChI=1S/C21H24N8O5S/c1-13(2)27-5-4-18(29(20(30)31)19-6-16-17(8-22-19)24-12-23-16)26-21(27,3)14-7-25-28(9-14)35(32,33)15-10-34-11-15/h4-9,12-13,15H,10-11H2,1-3H3,(H,23,24)(H,30,31). The molecule has 0 bridgehead atoms. The summed E-state index contributed by atoms with van der Waals surface area (Å²) in [5.41, 5.74) is 0.564. The predicted molar refractivity (Wildman–Crippen MR) is 126 cm³/mol. The monoisotopic (exact) mass is 500 g/mol. The van der Waals surface area contributed by atoms with Gasteiger partial charge in [0, 0.05) is 23.9 Å². The molecule has 1 atom stereocenters. The third-order valence-electron chi connectivity index (χ3n) is 6.11. The van der Waals surface area contributed by atoms with E-state index < -0.39 is 27.0 Å². The summed E-state index contributed by atoms with van der Waals surface area (Å²) in [5, 5.41) is 13.5. The Hall–Kier alpha value is -3.78. The maximum Gasteiger partial charge on any atom is 0.418 e. The number of nitrogens with one attached hydrogen (secondary N) is 1. The summed E-state index contributed by atoms with van der Waals surface area (Å²) in [5.74, 6) is 0.257. The van der Waals surface area contributed by atoms with E-state index in [1.165, 1.54) is 24.9 Å². The highest BCUT2D eigenvalue weighted by atomic mass is 32.2. The van der Waals surface area contributed by atoms with Crippen LogP contribution in [0.2, 0.25) is 0 Å². The number of hydrogen-bond donors (Lipinski definition) is 2. The highest BCUT2D eigenvalue weighted by molar-refractivity contribution is 7.90. The number of nitrogens with zero attached hydrogens (tertiary/aromatic N) is 7. The normalized spacial score (nSPS) is 20.8. The van der Waals surface area contributed by atoms with Crippen LogP contribution in [-0.2, 0) is 20.4 Å². The van der Waals surface area contributed by atoms with E-state index in [1.54, 1.807) is 25.3 Å². The van der Waals surface area contributed by atoms with Crippen molar-refractivity contribution < 1.29 is 23.1 Å². The summed E-state index contributed by atoms with van der Waals surface area (Å²) in [4.78, 5) is 31.3. The molecule has 2 N–H and O–H groups in total. The van der Waals surface area contributed by atoms with Crippen LogP contribution >= 0.6 is 0 Å². The Bertz CT molecular complexity index is 1450. The zero-order chi connectivity index (χ0) is 25.0. The number of hydrogen-bond acceptors (Lipinski definition) is 9. The van der Waals surface area contributed by atoms with Crippen LogP contribution in [0.25, 0.3) is 11.0 Å². The van der Waals surface area contributed by atoms with Crippen molar-refractivity contribution in [1.82, 2.24) is 29.0 Å². The summed E-state index contributed by atoms with van der Waals surface area (Å²) in [6, 6.07) is 1.53. The predicted octanol–water partition coefficient (Wildman–Crippen LogP) is 1.72. The number of aliphatic imine (C=N–C) groups is 1. The van der Waals surface area contributed by atoms with Crippen LogP contribution in [0.5, 0.6) is 0 Å². The first-order valence-corrected chi connectivity index (χ1v) is 12.4. The van der Waals surface area contributed by atoms with Crippen LogP contribution in [0.4, 0.5) is 10.6 Å². The number of aromatic amines is 1. The Kier molecular flexibility index (Phi) is 5.36. The van der Waals surface area contributed by atoms with Gasteiger partial charge in [0.2, 0.25) is 0 Å². The first-order chi connectivity index (χ1) is 16.6. The Balaban J connectivity index is 1.58. The molecule has 0 saturated carbocycles. The van der Waals surface area contributed by atoms with Gasteiger partial charge in [-0.25, -0.2) is 33.1 Å². The smallest absolute Gasteiger partial charge is 0.418 e. The van der Waals surface area contributed by atoms with Crippen LogP contribution < -0.4 is 4.90 Å². The van der Waals surface area contributed by atoms with E-state index in [0.717, 1.165) is 8.99 Å². The molecule has 0 spiro atoms. The van der Waals surface area contributed by atoms with Crippen molar-refractivity contribution >= 4 is 38.8 Å². The summed E-state index contributed by atoms with van der Waals surface area (Å²) >= 11 is 0. The maximum atomic E-state index is 12.8. The second kappa shape index (κ2) is 8.16.